The molecule has 0 aromatic carbocycles. The number of allylic oxidation sites excluding steroid dienone is 7. The van der Waals surface area contributed by atoms with E-state index < -0.39 is 20.0 Å². The van der Waals surface area contributed by atoms with E-state index in [-0.39, 0.29) is 19.1 Å². The molecule has 0 aliphatic heterocycles. The third kappa shape index (κ3) is 42.6. The van der Waals surface area contributed by atoms with Crippen LogP contribution in [0.4, 0.5) is 0 Å². The van der Waals surface area contributed by atoms with E-state index in [0.29, 0.717) is 17.4 Å². The van der Waals surface area contributed by atoms with E-state index in [1.807, 2.05) is 27.2 Å². The summed E-state index contributed by atoms with van der Waals surface area (Å²) in [5, 5.41) is 13.9. The second kappa shape index (κ2) is 40.8. The van der Waals surface area contributed by atoms with Gasteiger partial charge in [-0.25, -0.2) is 4.57 Å². The molecule has 340 valence electrons. The van der Waals surface area contributed by atoms with Crippen LogP contribution in [0.25, 0.3) is 0 Å². The Morgan fingerprint density at radius 2 is 0.983 bits per heavy atom. The molecular formula is C49H94N2O6P+. The maximum Gasteiger partial charge on any atom is 0.472 e. The molecule has 8 nitrogen and oxygen atoms in total. The third-order valence-corrected chi connectivity index (χ3v) is 11.5. The largest absolute Gasteiger partial charge is 0.472 e. The Morgan fingerprint density at radius 1 is 0.586 bits per heavy atom. The summed E-state index contributed by atoms with van der Waals surface area (Å²) >= 11 is 0. The van der Waals surface area contributed by atoms with Crippen molar-refractivity contribution in [3.05, 3.63) is 48.6 Å². The Morgan fingerprint density at radius 3 is 1.47 bits per heavy atom. The van der Waals surface area contributed by atoms with Gasteiger partial charge in [0.15, 0.2) is 0 Å². The first-order valence-electron chi connectivity index (χ1n) is 24.0. The van der Waals surface area contributed by atoms with Crippen LogP contribution in [0.2, 0.25) is 0 Å². The van der Waals surface area contributed by atoms with Crippen molar-refractivity contribution in [1.82, 2.24) is 5.32 Å². The molecule has 1 amide bonds. The summed E-state index contributed by atoms with van der Waals surface area (Å²) < 4.78 is 23.6. The van der Waals surface area contributed by atoms with Crippen molar-refractivity contribution in [2.24, 2.45) is 0 Å². The zero-order valence-corrected chi connectivity index (χ0v) is 39.4. The highest BCUT2D eigenvalue weighted by Crippen LogP contribution is 2.43. The lowest BCUT2D eigenvalue weighted by Gasteiger charge is -2.25. The molecule has 0 spiro atoms. The molecule has 0 aliphatic carbocycles. The SMILES string of the molecule is CCCCC/C=C\C/C=C\C/C=C\CCCCCCCCC(=O)NC(COP(=O)(O)OCC[N+](C)(C)C)C(O)/C=C/CCCCCCCCCCCCCCCCC. The highest BCUT2D eigenvalue weighted by Gasteiger charge is 2.27. The van der Waals surface area contributed by atoms with E-state index >= 15 is 0 Å². The zero-order valence-electron chi connectivity index (χ0n) is 38.5. The van der Waals surface area contributed by atoms with Crippen molar-refractivity contribution in [3.8, 4) is 0 Å². The van der Waals surface area contributed by atoms with Crippen LogP contribution in [0, 0.1) is 0 Å². The molecule has 0 radical (unpaired) electrons. The lowest BCUT2D eigenvalue weighted by atomic mass is 10.0. The molecule has 58 heavy (non-hydrogen) atoms. The maximum absolute atomic E-state index is 12.9. The molecule has 0 aliphatic rings. The third-order valence-electron chi connectivity index (χ3n) is 10.5. The standard InChI is InChI=1S/C49H93N2O6P/c1-6-8-10-12-14-16-18-20-22-24-25-27-29-31-33-35-37-39-41-43-49(53)50-47(46-57-58(54,55)56-45-44-51(3,4)5)48(52)42-40-38-36-34-32-30-28-26-23-21-19-17-15-13-11-9-7-2/h14,16,20,22,25,27,40,42,47-48,52H,6-13,15,17-19,21,23-24,26,28-39,41,43-46H2,1-5H3,(H-,50,53,54,55)/p+1/b16-14-,22-20-,27-25-,42-40+. The van der Waals surface area contributed by atoms with Crippen molar-refractivity contribution in [1.29, 1.82) is 0 Å². The van der Waals surface area contributed by atoms with Gasteiger partial charge < -0.3 is 19.8 Å². The Labute approximate surface area is 359 Å². The average Bonchev–Trinajstić information content (AvgIpc) is 3.17. The van der Waals surface area contributed by atoms with Crippen LogP contribution in [0.15, 0.2) is 48.6 Å². The molecule has 3 N–H and O–H groups in total. The number of aliphatic hydroxyl groups excluding tert-OH is 1. The zero-order chi connectivity index (χ0) is 42.8. The molecule has 0 aromatic heterocycles. The minimum atomic E-state index is -4.34. The number of nitrogens with one attached hydrogen (secondary N) is 1. The number of phosphoric acid groups is 1. The predicted molar refractivity (Wildman–Crippen MR) is 249 cm³/mol. The molecular weight excluding hydrogens is 744 g/mol. The van der Waals surface area contributed by atoms with E-state index in [2.05, 4.69) is 55.6 Å². The van der Waals surface area contributed by atoms with Crippen LogP contribution in [-0.4, -0.2) is 73.4 Å². The number of hydrogen-bond donors (Lipinski definition) is 3. The molecule has 0 fully saturated rings. The number of likely N-dealkylation sites (N-methyl/N-ethyl adjacent to an activating group) is 1. The fraction of sp³-hybridized carbons (Fsp3) is 0.816. The molecule has 0 rings (SSSR count). The van der Waals surface area contributed by atoms with Crippen LogP contribution in [-0.2, 0) is 18.4 Å². The Balaban J connectivity index is 4.41. The molecule has 0 saturated carbocycles. The van der Waals surface area contributed by atoms with Gasteiger partial charge in [-0.05, 0) is 57.8 Å². The van der Waals surface area contributed by atoms with Gasteiger partial charge in [0.2, 0.25) is 5.91 Å². The number of carbonyl (C=O) groups excluding carboxylic acids is 1. The predicted octanol–water partition coefficient (Wildman–Crippen LogP) is 13.6. The Hall–Kier alpha value is -1.54. The molecule has 0 saturated heterocycles. The monoisotopic (exact) mass is 838 g/mol. The summed E-state index contributed by atoms with van der Waals surface area (Å²) in [6.07, 6.45) is 51.7. The van der Waals surface area contributed by atoms with Gasteiger partial charge in [-0.15, -0.1) is 0 Å². The molecule has 3 atom stereocenters. The number of amides is 1. The smallest absolute Gasteiger partial charge is 0.387 e. The van der Waals surface area contributed by atoms with Gasteiger partial charge in [-0.2, -0.15) is 0 Å². The lowest BCUT2D eigenvalue weighted by Crippen LogP contribution is -2.45. The topological polar surface area (TPSA) is 105 Å². The first kappa shape index (κ1) is 56.5. The molecule has 0 bridgehead atoms. The van der Waals surface area contributed by atoms with Crippen LogP contribution in [0.5, 0.6) is 0 Å². The fourth-order valence-corrected chi connectivity index (χ4v) is 7.43. The Bertz CT molecular complexity index is 1090. The van der Waals surface area contributed by atoms with Gasteiger partial charge in [0.05, 0.1) is 39.9 Å². The summed E-state index contributed by atoms with van der Waals surface area (Å²) in [6.45, 7) is 4.78. The van der Waals surface area contributed by atoms with Gasteiger partial charge in [0.25, 0.3) is 0 Å². The maximum atomic E-state index is 12.9. The molecule has 9 heteroatoms. The first-order valence-corrected chi connectivity index (χ1v) is 25.5. The summed E-state index contributed by atoms with van der Waals surface area (Å²) in [5.41, 5.74) is 0. The number of hydrogen-bond acceptors (Lipinski definition) is 5. The second-order valence-electron chi connectivity index (χ2n) is 17.5. The Kier molecular flexibility index (Phi) is 39.8. The van der Waals surface area contributed by atoms with Crippen LogP contribution in [0.3, 0.4) is 0 Å². The van der Waals surface area contributed by atoms with Gasteiger partial charge in [-0.1, -0.05) is 191 Å². The van der Waals surface area contributed by atoms with E-state index in [0.717, 1.165) is 64.2 Å². The van der Waals surface area contributed by atoms with Crippen LogP contribution in [0.1, 0.15) is 206 Å². The van der Waals surface area contributed by atoms with E-state index in [1.165, 1.54) is 122 Å². The van der Waals surface area contributed by atoms with Crippen molar-refractivity contribution in [2.75, 3.05) is 40.9 Å². The number of phosphoric ester groups is 1. The normalized spacial score (nSPS) is 14.7. The fourth-order valence-electron chi connectivity index (χ4n) is 6.69. The molecule has 3 unspecified atom stereocenters. The van der Waals surface area contributed by atoms with Crippen molar-refractivity contribution in [3.63, 3.8) is 0 Å². The van der Waals surface area contributed by atoms with E-state index in [4.69, 9.17) is 9.05 Å². The lowest BCUT2D eigenvalue weighted by molar-refractivity contribution is -0.870. The summed E-state index contributed by atoms with van der Waals surface area (Å²) in [4.78, 5) is 23.2. The van der Waals surface area contributed by atoms with E-state index in [1.54, 1.807) is 6.08 Å². The second-order valence-corrected chi connectivity index (χ2v) is 18.9. The minimum Gasteiger partial charge on any atom is -0.387 e. The number of aliphatic hydroxyl groups is 1. The molecule has 0 heterocycles. The number of nitrogens with zero attached hydrogens (tertiary/aromatic N) is 1. The van der Waals surface area contributed by atoms with Gasteiger partial charge in [0.1, 0.15) is 13.2 Å². The summed E-state index contributed by atoms with van der Waals surface area (Å²) in [6, 6.07) is -0.854. The van der Waals surface area contributed by atoms with Gasteiger partial charge in [-0.3, -0.25) is 13.8 Å². The summed E-state index contributed by atoms with van der Waals surface area (Å²) in [7, 11) is 1.56. The number of rotatable bonds is 43. The average molecular weight is 838 g/mol. The summed E-state index contributed by atoms with van der Waals surface area (Å²) in [5.74, 6) is -0.190. The van der Waals surface area contributed by atoms with Gasteiger partial charge in [0, 0.05) is 6.42 Å². The quantitative estimate of drug-likeness (QED) is 0.0244. The minimum absolute atomic E-state index is 0.0574. The number of quaternary nitrogens is 1. The van der Waals surface area contributed by atoms with Crippen LogP contribution < -0.4 is 5.32 Å². The van der Waals surface area contributed by atoms with E-state index in [9.17, 15) is 19.4 Å². The van der Waals surface area contributed by atoms with Crippen molar-refractivity contribution >= 4 is 13.7 Å². The van der Waals surface area contributed by atoms with Gasteiger partial charge >= 0.3 is 7.82 Å². The van der Waals surface area contributed by atoms with Crippen LogP contribution >= 0.6 is 7.82 Å². The number of unbranched alkanes of at least 4 members (excludes halogenated alkanes) is 24. The van der Waals surface area contributed by atoms with Crippen molar-refractivity contribution in [2.45, 2.75) is 219 Å². The van der Waals surface area contributed by atoms with Crippen molar-refractivity contribution < 1.29 is 32.9 Å². The number of carbonyl (C=O) groups is 1. The highest BCUT2D eigenvalue weighted by atomic mass is 31.2. The first-order chi connectivity index (χ1) is 28.0. The molecule has 0 aromatic rings. The highest BCUT2D eigenvalue weighted by molar-refractivity contribution is 7.47.